The summed E-state index contributed by atoms with van der Waals surface area (Å²) in [5.74, 6) is -0.345. The van der Waals surface area contributed by atoms with E-state index in [0.29, 0.717) is 65.2 Å². The number of ketones is 1. The number of likely N-dealkylation sites (tertiary alicyclic amines) is 1. The number of aromatic nitrogens is 4. The number of piperazine rings is 1. The number of pyridine rings is 2. The van der Waals surface area contributed by atoms with Crippen LogP contribution in [-0.2, 0) is 16.1 Å². The van der Waals surface area contributed by atoms with E-state index in [9.17, 15) is 28.8 Å². The molecule has 4 aromatic rings. The van der Waals surface area contributed by atoms with Gasteiger partial charge >= 0.3 is 6.03 Å². The van der Waals surface area contributed by atoms with Gasteiger partial charge in [0, 0.05) is 87.2 Å². The van der Waals surface area contributed by atoms with Gasteiger partial charge in [-0.15, -0.1) is 0 Å². The van der Waals surface area contributed by atoms with Crippen LogP contribution < -0.4 is 26.4 Å². The number of imide groups is 1. The summed E-state index contributed by atoms with van der Waals surface area (Å²) in [4.78, 5) is 98.6. The van der Waals surface area contributed by atoms with Crippen LogP contribution in [0.4, 0.5) is 27.9 Å². The van der Waals surface area contributed by atoms with Crippen LogP contribution in [0.15, 0.2) is 47.5 Å². The molecule has 4 fully saturated rings. The molecule has 4 aliphatic heterocycles. The molecule has 7 heterocycles. The lowest BCUT2D eigenvalue weighted by molar-refractivity contribution is -0.136. The van der Waals surface area contributed by atoms with Crippen LogP contribution in [-0.4, -0.2) is 115 Å². The van der Waals surface area contributed by atoms with Gasteiger partial charge in [0.25, 0.3) is 11.5 Å². The molecule has 17 nitrogen and oxygen atoms in total. The van der Waals surface area contributed by atoms with Crippen molar-refractivity contribution in [2.45, 2.75) is 89.9 Å². The molecule has 1 aliphatic carbocycles. The Morgan fingerprint density at radius 1 is 0.850 bits per heavy atom. The van der Waals surface area contributed by atoms with E-state index < -0.39 is 11.9 Å². The summed E-state index contributed by atoms with van der Waals surface area (Å²) < 4.78 is 1.71. The number of hydrogen-bond acceptors (Lipinski definition) is 12. The average molecular weight is 816 g/mol. The average Bonchev–Trinajstić information content (AvgIpc) is 3.89. The zero-order valence-corrected chi connectivity index (χ0v) is 33.9. The Morgan fingerprint density at radius 3 is 2.32 bits per heavy atom. The first-order valence-corrected chi connectivity index (χ1v) is 21.0. The number of Topliss-reactive ketones (excluding diaryl/α,β-unsaturated/α-hetero) is 1. The molecule has 9 rings (SSSR count). The minimum atomic E-state index is -0.684. The summed E-state index contributed by atoms with van der Waals surface area (Å²) in [6.45, 7) is 8.26. The molecular formula is C43H49N11O6. The third-order valence-corrected chi connectivity index (χ3v) is 13.0. The van der Waals surface area contributed by atoms with Gasteiger partial charge in [-0.2, -0.15) is 4.98 Å². The summed E-state index contributed by atoms with van der Waals surface area (Å²) in [5, 5.41) is 9.24. The molecule has 3 saturated heterocycles. The van der Waals surface area contributed by atoms with Crippen molar-refractivity contribution >= 4 is 63.7 Å². The van der Waals surface area contributed by atoms with Crippen molar-refractivity contribution in [3.63, 3.8) is 0 Å². The molecule has 1 atom stereocenters. The lowest BCUT2D eigenvalue weighted by Crippen LogP contribution is -2.54. The van der Waals surface area contributed by atoms with Gasteiger partial charge in [0.2, 0.25) is 17.8 Å². The monoisotopic (exact) mass is 815 g/mol. The molecule has 17 heteroatoms. The zero-order chi connectivity index (χ0) is 41.7. The van der Waals surface area contributed by atoms with Crippen molar-refractivity contribution < 1.29 is 24.0 Å². The molecule has 3 N–H and O–H groups in total. The fourth-order valence-corrected chi connectivity index (χ4v) is 9.70. The van der Waals surface area contributed by atoms with Gasteiger partial charge in [-0.25, -0.2) is 14.8 Å². The summed E-state index contributed by atoms with van der Waals surface area (Å²) in [7, 11) is 0. The molecule has 3 aromatic heterocycles. The molecule has 5 amide bonds. The summed E-state index contributed by atoms with van der Waals surface area (Å²) in [6, 6.07) is 8.68. The largest absolute Gasteiger partial charge is 0.368 e. The highest BCUT2D eigenvalue weighted by Crippen LogP contribution is 2.33. The van der Waals surface area contributed by atoms with Gasteiger partial charge in [0.15, 0.2) is 5.78 Å². The first-order chi connectivity index (χ1) is 29.0. The van der Waals surface area contributed by atoms with Gasteiger partial charge in [-0.3, -0.25) is 38.8 Å². The van der Waals surface area contributed by atoms with Crippen LogP contribution in [0.25, 0.3) is 11.0 Å². The fourth-order valence-electron chi connectivity index (χ4n) is 9.70. The number of aryl methyl sites for hydroxylation is 1. The van der Waals surface area contributed by atoms with Gasteiger partial charge < -0.3 is 25.3 Å². The second-order valence-corrected chi connectivity index (χ2v) is 16.6. The number of hydrogen-bond donors (Lipinski definition) is 3. The Hall–Kier alpha value is -6.23. The molecule has 0 spiro atoms. The fraction of sp³-hybridized carbons (Fsp3) is 0.465. The van der Waals surface area contributed by atoms with Crippen LogP contribution in [0, 0.1) is 6.92 Å². The van der Waals surface area contributed by atoms with Crippen molar-refractivity contribution in [2.75, 3.05) is 54.8 Å². The maximum atomic E-state index is 13.6. The highest BCUT2D eigenvalue weighted by atomic mass is 16.2. The van der Waals surface area contributed by atoms with E-state index in [-0.39, 0.29) is 53.8 Å². The van der Waals surface area contributed by atoms with Crippen LogP contribution in [0.3, 0.4) is 0 Å². The number of rotatable bonds is 8. The van der Waals surface area contributed by atoms with Crippen LogP contribution in [0.2, 0.25) is 0 Å². The number of nitrogens with one attached hydrogen (secondary N) is 3. The van der Waals surface area contributed by atoms with E-state index in [0.717, 1.165) is 76.0 Å². The number of fused-ring (bicyclic) bond motifs is 2. The normalized spacial score (nSPS) is 20.5. The second-order valence-electron chi connectivity index (χ2n) is 16.6. The first-order valence-electron chi connectivity index (χ1n) is 21.0. The number of piperidine rings is 2. The molecule has 0 radical (unpaired) electrons. The van der Waals surface area contributed by atoms with Gasteiger partial charge in [-0.1, -0.05) is 12.8 Å². The topological polar surface area (TPSA) is 195 Å². The summed E-state index contributed by atoms with van der Waals surface area (Å²) in [6.07, 6.45) is 9.60. The highest BCUT2D eigenvalue weighted by Gasteiger charge is 2.39. The van der Waals surface area contributed by atoms with Crippen molar-refractivity contribution in [3.05, 3.63) is 75.3 Å². The number of anilines is 4. The van der Waals surface area contributed by atoms with Crippen molar-refractivity contribution in [1.29, 1.82) is 0 Å². The van der Waals surface area contributed by atoms with Gasteiger partial charge in [0.05, 0.1) is 17.4 Å². The Bertz CT molecular complexity index is 2450. The third-order valence-electron chi connectivity index (χ3n) is 13.0. The minimum Gasteiger partial charge on any atom is -0.368 e. The predicted molar refractivity (Wildman–Crippen MR) is 223 cm³/mol. The Kier molecular flexibility index (Phi) is 10.5. The smallest absolute Gasteiger partial charge is 0.321 e. The molecule has 312 valence electrons. The van der Waals surface area contributed by atoms with Gasteiger partial charge in [0.1, 0.15) is 17.5 Å². The quantitative estimate of drug-likeness (QED) is 0.170. The first kappa shape index (κ1) is 39.2. The lowest BCUT2D eigenvalue weighted by Gasteiger charge is -2.43. The number of nitrogens with zero attached hydrogens (tertiary/aromatic N) is 8. The van der Waals surface area contributed by atoms with E-state index in [1.54, 1.807) is 35.9 Å². The van der Waals surface area contributed by atoms with E-state index in [4.69, 9.17) is 4.98 Å². The van der Waals surface area contributed by atoms with E-state index >= 15 is 0 Å². The minimum absolute atomic E-state index is 0.00108. The lowest BCUT2D eigenvalue weighted by atomic mass is 10.0. The molecule has 1 saturated carbocycles. The maximum absolute atomic E-state index is 13.6. The SMILES string of the molecule is CC(=O)c1c(C)c2cnc(Nc3ccc(N4CCN(C5CCN(C(=O)Nc6ccc7c(c6)CN(C6CCC(=O)NC6=O)C7=O)CC5)CC4)cn3)nc2n(C2CCCC2)c1=O. The van der Waals surface area contributed by atoms with Crippen LogP contribution >= 0.6 is 0 Å². The van der Waals surface area contributed by atoms with E-state index in [1.807, 2.05) is 23.2 Å². The number of amides is 5. The van der Waals surface area contributed by atoms with Crippen LogP contribution in [0.5, 0.6) is 0 Å². The number of urea groups is 1. The maximum Gasteiger partial charge on any atom is 0.321 e. The van der Waals surface area contributed by atoms with Crippen LogP contribution in [0.1, 0.15) is 96.2 Å². The number of benzene rings is 1. The second kappa shape index (κ2) is 16.1. The van der Waals surface area contributed by atoms with Crippen molar-refractivity contribution in [1.82, 2.24) is 39.5 Å². The standard InChI is InChI=1S/C43H49N11O6/c1-25-33-23-45-42(49-38(33)54(30-5-3-4-6-30)41(59)37(25)26(2)55)47-35-11-8-31(22-44-35)51-19-17-50(18-20-51)29-13-15-52(16-14-29)43(60)46-28-7-9-32-27(21-28)24-53(40(32)58)34-10-12-36(56)48-39(34)57/h7-9,11,21-23,29-30,34H,3-6,10,12-20,24H2,1-2H3,(H,46,60)(H,48,56,57)(H,44,45,47,49). The highest BCUT2D eigenvalue weighted by molar-refractivity contribution is 6.06. The molecule has 60 heavy (non-hydrogen) atoms. The van der Waals surface area contributed by atoms with Gasteiger partial charge in [-0.05, 0) is 87.4 Å². The summed E-state index contributed by atoms with van der Waals surface area (Å²) in [5.41, 5.74) is 3.94. The Morgan fingerprint density at radius 2 is 1.62 bits per heavy atom. The summed E-state index contributed by atoms with van der Waals surface area (Å²) >= 11 is 0. The predicted octanol–water partition coefficient (Wildman–Crippen LogP) is 4.14. The zero-order valence-electron chi connectivity index (χ0n) is 33.9. The van der Waals surface area contributed by atoms with E-state index in [2.05, 4.69) is 35.7 Å². The molecule has 1 unspecified atom stereocenters. The number of carbonyl (C=O) groups excluding carboxylic acids is 5. The Balaban J connectivity index is 0.761. The molecule has 5 aliphatic rings. The Labute approximate surface area is 346 Å². The third kappa shape index (κ3) is 7.46. The number of carbonyl (C=O) groups is 5. The molecular weight excluding hydrogens is 767 g/mol. The molecule has 1 aromatic carbocycles. The van der Waals surface area contributed by atoms with E-state index in [1.165, 1.54) is 11.8 Å². The van der Waals surface area contributed by atoms with Crippen molar-refractivity contribution in [3.8, 4) is 0 Å². The van der Waals surface area contributed by atoms with Crippen molar-refractivity contribution in [2.24, 2.45) is 0 Å². The molecule has 0 bridgehead atoms.